The number of amides is 1. The topological polar surface area (TPSA) is 75.9 Å². The van der Waals surface area contributed by atoms with E-state index in [1.165, 1.54) is 12.5 Å². The van der Waals surface area contributed by atoms with E-state index in [1.807, 2.05) is 24.3 Å². The van der Waals surface area contributed by atoms with E-state index in [9.17, 15) is 4.79 Å². The Morgan fingerprint density at radius 2 is 2.20 bits per heavy atom. The predicted molar refractivity (Wildman–Crippen MR) is 75.9 cm³/mol. The van der Waals surface area contributed by atoms with Crippen molar-refractivity contribution in [3.8, 4) is 5.75 Å². The Morgan fingerprint density at radius 1 is 1.35 bits per heavy atom. The normalized spacial score (nSPS) is 10.4. The second kappa shape index (κ2) is 6.98. The Kier molecular flexibility index (Phi) is 4.77. The highest BCUT2D eigenvalue weighted by Gasteiger charge is 2.03. The third kappa shape index (κ3) is 3.88. The molecule has 1 aromatic heterocycles. The van der Waals surface area contributed by atoms with Crippen molar-refractivity contribution in [1.29, 1.82) is 0 Å². The van der Waals surface area contributed by atoms with Gasteiger partial charge in [-0.25, -0.2) is 5.43 Å². The van der Waals surface area contributed by atoms with Crippen molar-refractivity contribution in [2.75, 3.05) is 19.0 Å². The van der Waals surface area contributed by atoms with Gasteiger partial charge in [-0.1, -0.05) is 12.1 Å². The van der Waals surface area contributed by atoms with Crippen molar-refractivity contribution in [2.24, 2.45) is 5.10 Å². The summed E-state index contributed by atoms with van der Waals surface area (Å²) < 4.78 is 10.2. The summed E-state index contributed by atoms with van der Waals surface area (Å²) in [6.45, 7) is 0.0931. The summed E-state index contributed by atoms with van der Waals surface area (Å²) in [5.74, 6) is 0.987. The number of furan rings is 1. The van der Waals surface area contributed by atoms with Crippen LogP contribution in [0, 0.1) is 0 Å². The van der Waals surface area contributed by atoms with Crippen LogP contribution in [0.3, 0.4) is 0 Å². The molecule has 0 aliphatic rings. The summed E-state index contributed by atoms with van der Waals surface area (Å²) in [4.78, 5) is 11.6. The third-order valence-corrected chi connectivity index (χ3v) is 2.47. The number of nitrogens with zero attached hydrogens (tertiary/aromatic N) is 1. The number of carbonyl (C=O) groups is 1. The summed E-state index contributed by atoms with van der Waals surface area (Å²) in [5.41, 5.74) is 3.15. The first kappa shape index (κ1) is 13.7. The molecular weight excluding hydrogens is 258 g/mol. The highest BCUT2D eigenvalue weighted by Crippen LogP contribution is 2.22. The molecule has 1 heterocycles. The molecule has 0 radical (unpaired) electrons. The van der Waals surface area contributed by atoms with Crippen LogP contribution in [0.4, 0.5) is 5.69 Å². The lowest BCUT2D eigenvalue weighted by atomic mass is 10.3. The molecule has 0 fully saturated rings. The van der Waals surface area contributed by atoms with Crippen LogP contribution in [-0.4, -0.2) is 25.8 Å². The van der Waals surface area contributed by atoms with Crippen LogP contribution in [0.5, 0.6) is 5.75 Å². The Balaban J connectivity index is 1.80. The van der Waals surface area contributed by atoms with Crippen molar-refractivity contribution in [3.05, 3.63) is 48.4 Å². The summed E-state index contributed by atoms with van der Waals surface area (Å²) in [6.07, 6.45) is 2.97. The molecule has 6 nitrogen and oxygen atoms in total. The molecule has 0 bridgehead atoms. The van der Waals surface area contributed by atoms with E-state index in [1.54, 1.807) is 19.2 Å². The second-order valence-electron chi connectivity index (χ2n) is 3.86. The number of nitrogens with one attached hydrogen (secondary N) is 2. The molecule has 2 aromatic rings. The van der Waals surface area contributed by atoms with E-state index in [4.69, 9.17) is 9.15 Å². The molecule has 1 amide bonds. The Labute approximate surface area is 116 Å². The van der Waals surface area contributed by atoms with Crippen LogP contribution in [-0.2, 0) is 4.79 Å². The Bertz CT molecular complexity index is 579. The smallest absolute Gasteiger partial charge is 0.259 e. The fraction of sp³-hybridized carbons (Fsp3) is 0.143. The number of anilines is 1. The minimum absolute atomic E-state index is 0.0931. The quantitative estimate of drug-likeness (QED) is 0.622. The number of para-hydroxylation sites is 2. The van der Waals surface area contributed by atoms with Crippen molar-refractivity contribution >= 4 is 17.8 Å². The number of hydrogen-bond donors (Lipinski definition) is 2. The van der Waals surface area contributed by atoms with E-state index in [-0.39, 0.29) is 12.5 Å². The van der Waals surface area contributed by atoms with E-state index in [2.05, 4.69) is 15.8 Å². The monoisotopic (exact) mass is 273 g/mol. The Morgan fingerprint density at radius 3 is 2.95 bits per heavy atom. The van der Waals surface area contributed by atoms with Gasteiger partial charge >= 0.3 is 0 Å². The van der Waals surface area contributed by atoms with Gasteiger partial charge in [0.25, 0.3) is 5.91 Å². The zero-order chi connectivity index (χ0) is 14.2. The fourth-order valence-electron chi connectivity index (χ4n) is 1.54. The lowest BCUT2D eigenvalue weighted by Crippen LogP contribution is -2.26. The minimum atomic E-state index is -0.265. The standard InChI is InChI=1S/C14H15N3O3/c1-19-13-7-3-2-6-12(13)15-10-14(18)17-16-9-11-5-4-8-20-11/h2-9,15H,10H2,1H3,(H,17,18). The van der Waals surface area contributed by atoms with Gasteiger partial charge in [-0.15, -0.1) is 0 Å². The number of methoxy groups -OCH3 is 1. The SMILES string of the molecule is COc1ccccc1NCC(=O)NN=Cc1ccco1. The van der Waals surface area contributed by atoms with Gasteiger partial charge in [0.05, 0.1) is 31.8 Å². The molecule has 0 saturated carbocycles. The first-order valence-corrected chi connectivity index (χ1v) is 6.02. The van der Waals surface area contributed by atoms with Crippen LogP contribution >= 0.6 is 0 Å². The average Bonchev–Trinajstić information content (AvgIpc) is 2.98. The van der Waals surface area contributed by atoms with E-state index in [0.29, 0.717) is 11.5 Å². The number of hydrazone groups is 1. The van der Waals surface area contributed by atoms with Gasteiger partial charge < -0.3 is 14.5 Å². The maximum atomic E-state index is 11.6. The molecule has 0 unspecified atom stereocenters. The number of benzene rings is 1. The van der Waals surface area contributed by atoms with Gasteiger partial charge in [0.15, 0.2) is 0 Å². The third-order valence-electron chi connectivity index (χ3n) is 2.47. The lowest BCUT2D eigenvalue weighted by Gasteiger charge is -2.09. The molecule has 2 N–H and O–H groups in total. The molecule has 20 heavy (non-hydrogen) atoms. The molecule has 1 aromatic carbocycles. The van der Waals surface area contributed by atoms with Gasteiger partial charge in [-0.2, -0.15) is 5.10 Å². The maximum Gasteiger partial charge on any atom is 0.259 e. The van der Waals surface area contributed by atoms with Crippen LogP contribution in [0.15, 0.2) is 52.2 Å². The van der Waals surface area contributed by atoms with E-state index in [0.717, 1.165) is 5.69 Å². The molecule has 104 valence electrons. The van der Waals surface area contributed by atoms with Crippen LogP contribution in [0.1, 0.15) is 5.76 Å². The second-order valence-corrected chi connectivity index (χ2v) is 3.86. The van der Waals surface area contributed by atoms with Crippen molar-refractivity contribution in [1.82, 2.24) is 5.43 Å². The molecule has 0 spiro atoms. The first-order valence-electron chi connectivity index (χ1n) is 6.02. The van der Waals surface area contributed by atoms with E-state index >= 15 is 0 Å². The van der Waals surface area contributed by atoms with Crippen LogP contribution in [0.25, 0.3) is 0 Å². The van der Waals surface area contributed by atoms with Crippen molar-refractivity contribution < 1.29 is 13.9 Å². The van der Waals surface area contributed by atoms with Gasteiger partial charge in [0.1, 0.15) is 11.5 Å². The summed E-state index contributed by atoms with van der Waals surface area (Å²) in [6, 6.07) is 10.8. The minimum Gasteiger partial charge on any atom is -0.495 e. The number of rotatable bonds is 6. The highest BCUT2D eigenvalue weighted by atomic mass is 16.5. The molecule has 2 rings (SSSR count). The molecule has 0 saturated heterocycles. The number of carbonyl (C=O) groups excluding carboxylic acids is 1. The van der Waals surface area contributed by atoms with Gasteiger partial charge in [0, 0.05) is 0 Å². The molecule has 0 atom stereocenters. The van der Waals surface area contributed by atoms with Crippen LogP contribution < -0.4 is 15.5 Å². The van der Waals surface area contributed by atoms with E-state index < -0.39 is 0 Å². The average molecular weight is 273 g/mol. The molecular formula is C14H15N3O3. The Hall–Kier alpha value is -2.76. The van der Waals surface area contributed by atoms with Gasteiger partial charge in [0.2, 0.25) is 0 Å². The summed E-state index contributed by atoms with van der Waals surface area (Å²) >= 11 is 0. The maximum absolute atomic E-state index is 11.6. The molecule has 0 aliphatic carbocycles. The van der Waals surface area contributed by atoms with Crippen molar-refractivity contribution in [2.45, 2.75) is 0 Å². The van der Waals surface area contributed by atoms with Crippen LogP contribution in [0.2, 0.25) is 0 Å². The fourth-order valence-corrected chi connectivity index (χ4v) is 1.54. The zero-order valence-electron chi connectivity index (χ0n) is 11.0. The number of hydrogen-bond acceptors (Lipinski definition) is 5. The predicted octanol–water partition coefficient (Wildman–Crippen LogP) is 1.85. The highest BCUT2D eigenvalue weighted by molar-refractivity contribution is 5.83. The molecule has 6 heteroatoms. The lowest BCUT2D eigenvalue weighted by molar-refractivity contribution is -0.119. The largest absolute Gasteiger partial charge is 0.495 e. The summed E-state index contributed by atoms with van der Waals surface area (Å²) in [7, 11) is 1.58. The zero-order valence-corrected chi connectivity index (χ0v) is 11.0. The number of ether oxygens (including phenoxy) is 1. The molecule has 0 aliphatic heterocycles. The van der Waals surface area contributed by atoms with Gasteiger partial charge in [-0.05, 0) is 24.3 Å². The summed E-state index contributed by atoms with van der Waals surface area (Å²) in [5, 5.41) is 6.75. The van der Waals surface area contributed by atoms with Crippen molar-refractivity contribution in [3.63, 3.8) is 0 Å². The first-order chi connectivity index (χ1) is 9.79. The van der Waals surface area contributed by atoms with Gasteiger partial charge in [-0.3, -0.25) is 4.79 Å².